The number of carboxylic acids is 1. The number of nitrogens with zero attached hydrogens (tertiary/aromatic N) is 6. The van der Waals surface area contributed by atoms with E-state index in [9.17, 15) is 18.0 Å². The van der Waals surface area contributed by atoms with Gasteiger partial charge in [0.1, 0.15) is 0 Å². The molecule has 1 aliphatic heterocycles. The molecule has 9 nitrogen and oxygen atoms in total. The van der Waals surface area contributed by atoms with Crippen molar-refractivity contribution in [2.24, 2.45) is 0 Å². The number of aliphatic carboxylic acids is 1. The van der Waals surface area contributed by atoms with Gasteiger partial charge in [-0.2, -0.15) is 13.2 Å². The molecule has 4 rings (SSSR count). The number of rotatable bonds is 4. The van der Waals surface area contributed by atoms with Crippen LogP contribution in [0.25, 0.3) is 16.2 Å². The highest BCUT2D eigenvalue weighted by Gasteiger charge is 2.38. The van der Waals surface area contributed by atoms with Gasteiger partial charge in [0.2, 0.25) is 16.0 Å². The van der Waals surface area contributed by atoms with Crippen LogP contribution in [0.4, 0.5) is 18.3 Å². The molecular formula is C20H23F3N6O3S. The fourth-order valence-electron chi connectivity index (χ4n) is 3.02. The van der Waals surface area contributed by atoms with E-state index in [0.29, 0.717) is 6.54 Å². The molecule has 0 bridgehead atoms. The summed E-state index contributed by atoms with van der Waals surface area (Å²) in [5, 5.41) is 12.5. The molecule has 2 aromatic heterocycles. The van der Waals surface area contributed by atoms with Crippen LogP contribution in [0.1, 0.15) is 0 Å². The molecule has 1 amide bonds. The van der Waals surface area contributed by atoms with Crippen molar-refractivity contribution in [3.05, 3.63) is 36.5 Å². The summed E-state index contributed by atoms with van der Waals surface area (Å²) in [6, 6.07) is 10.1. The highest BCUT2D eigenvalue weighted by Crippen LogP contribution is 2.26. The Morgan fingerprint density at radius 3 is 2.30 bits per heavy atom. The van der Waals surface area contributed by atoms with Gasteiger partial charge < -0.3 is 19.8 Å². The first-order valence-electron chi connectivity index (χ1n) is 9.94. The molecule has 0 radical (unpaired) electrons. The minimum Gasteiger partial charge on any atom is -0.475 e. The van der Waals surface area contributed by atoms with Gasteiger partial charge in [-0.25, -0.2) is 14.3 Å². The fourth-order valence-corrected chi connectivity index (χ4v) is 3.86. The summed E-state index contributed by atoms with van der Waals surface area (Å²) >= 11 is 1.50. The average Bonchev–Trinajstić information content (AvgIpc) is 3.34. The zero-order valence-electron chi connectivity index (χ0n) is 18.0. The number of carbonyl (C=O) groups excluding carboxylic acids is 1. The summed E-state index contributed by atoms with van der Waals surface area (Å²) in [6.07, 6.45) is -3.15. The van der Waals surface area contributed by atoms with Crippen LogP contribution in [0, 0.1) is 0 Å². The first-order chi connectivity index (χ1) is 15.5. The molecule has 3 aromatic rings. The zero-order chi connectivity index (χ0) is 24.2. The van der Waals surface area contributed by atoms with E-state index in [1.807, 2.05) is 53.4 Å². The smallest absolute Gasteiger partial charge is 0.475 e. The van der Waals surface area contributed by atoms with Crippen LogP contribution in [0.2, 0.25) is 0 Å². The van der Waals surface area contributed by atoms with E-state index in [2.05, 4.69) is 22.0 Å². The average molecular weight is 485 g/mol. The minimum atomic E-state index is -5.08. The van der Waals surface area contributed by atoms with Gasteiger partial charge in [0.05, 0.1) is 18.4 Å². The maximum Gasteiger partial charge on any atom is 0.490 e. The Labute approximate surface area is 191 Å². The molecule has 1 N–H and O–H groups in total. The predicted molar refractivity (Wildman–Crippen MR) is 117 cm³/mol. The van der Waals surface area contributed by atoms with Gasteiger partial charge >= 0.3 is 12.1 Å². The van der Waals surface area contributed by atoms with Gasteiger partial charge in [-0.15, -0.1) is 5.10 Å². The van der Waals surface area contributed by atoms with Crippen LogP contribution in [0.5, 0.6) is 0 Å². The number of anilines is 1. The summed E-state index contributed by atoms with van der Waals surface area (Å²) in [7, 11) is 3.99. The maximum atomic E-state index is 12.5. The molecule has 178 valence electrons. The SMILES string of the molecule is CN1CCN(C(=O)CN(C)c2nn3cc(-c4ccccc4)nc3s2)CC1.O=C(O)C(F)(F)F. The molecule has 0 atom stereocenters. The number of benzene rings is 1. The number of hydrogen-bond acceptors (Lipinski definition) is 7. The van der Waals surface area contributed by atoms with Crippen molar-refractivity contribution in [2.45, 2.75) is 6.18 Å². The topological polar surface area (TPSA) is 94.3 Å². The number of fused-ring (bicyclic) bond motifs is 1. The number of carboxylic acid groups (broad SMARTS) is 1. The molecule has 0 aliphatic carbocycles. The van der Waals surface area contributed by atoms with E-state index >= 15 is 0 Å². The van der Waals surface area contributed by atoms with Crippen LogP contribution >= 0.6 is 11.3 Å². The van der Waals surface area contributed by atoms with E-state index in [1.165, 1.54) is 11.3 Å². The number of amides is 1. The Bertz CT molecular complexity index is 1060. The Kier molecular flexibility index (Phi) is 7.53. The van der Waals surface area contributed by atoms with E-state index in [1.54, 1.807) is 4.52 Å². The lowest BCUT2D eigenvalue weighted by molar-refractivity contribution is -0.192. The molecule has 33 heavy (non-hydrogen) atoms. The second-order valence-electron chi connectivity index (χ2n) is 7.45. The van der Waals surface area contributed by atoms with Crippen LogP contribution in [0.15, 0.2) is 36.5 Å². The third-order valence-electron chi connectivity index (χ3n) is 4.90. The Hall–Kier alpha value is -3.19. The van der Waals surface area contributed by atoms with Gasteiger partial charge in [-0.3, -0.25) is 4.79 Å². The van der Waals surface area contributed by atoms with Crippen molar-refractivity contribution in [2.75, 3.05) is 51.7 Å². The maximum absolute atomic E-state index is 12.5. The van der Waals surface area contributed by atoms with Crippen LogP contribution < -0.4 is 4.90 Å². The van der Waals surface area contributed by atoms with Crippen molar-refractivity contribution in [3.63, 3.8) is 0 Å². The number of halogens is 3. The van der Waals surface area contributed by atoms with Crippen LogP contribution in [-0.4, -0.2) is 94.4 Å². The lowest BCUT2D eigenvalue weighted by atomic mass is 10.2. The third kappa shape index (κ3) is 6.42. The summed E-state index contributed by atoms with van der Waals surface area (Å²) in [5.74, 6) is -2.61. The fraction of sp³-hybridized carbons (Fsp3) is 0.400. The summed E-state index contributed by atoms with van der Waals surface area (Å²) in [6.45, 7) is 3.80. The second kappa shape index (κ2) is 10.2. The van der Waals surface area contributed by atoms with Gasteiger partial charge in [0.25, 0.3) is 0 Å². The number of carbonyl (C=O) groups is 2. The van der Waals surface area contributed by atoms with Crippen molar-refractivity contribution >= 4 is 33.3 Å². The van der Waals surface area contributed by atoms with Crippen molar-refractivity contribution in [1.29, 1.82) is 0 Å². The summed E-state index contributed by atoms with van der Waals surface area (Å²) in [5.41, 5.74) is 1.98. The van der Waals surface area contributed by atoms with Gasteiger partial charge in [-0.05, 0) is 7.05 Å². The summed E-state index contributed by atoms with van der Waals surface area (Å²) < 4.78 is 33.5. The number of hydrogen-bond donors (Lipinski definition) is 1. The monoisotopic (exact) mass is 484 g/mol. The summed E-state index contributed by atoms with van der Waals surface area (Å²) in [4.78, 5) is 33.0. The third-order valence-corrected chi connectivity index (χ3v) is 5.94. The highest BCUT2D eigenvalue weighted by atomic mass is 32.1. The van der Waals surface area contributed by atoms with Crippen LogP contribution in [-0.2, 0) is 9.59 Å². The zero-order valence-corrected chi connectivity index (χ0v) is 18.8. The molecule has 1 fully saturated rings. The van der Waals surface area contributed by atoms with E-state index in [4.69, 9.17) is 9.90 Å². The van der Waals surface area contributed by atoms with E-state index in [0.717, 1.165) is 47.5 Å². The number of piperazine rings is 1. The molecule has 3 heterocycles. The Morgan fingerprint density at radius 2 is 1.76 bits per heavy atom. The molecule has 13 heteroatoms. The van der Waals surface area contributed by atoms with Crippen molar-refractivity contribution in [3.8, 4) is 11.3 Å². The predicted octanol–water partition coefficient (Wildman–Crippen LogP) is 2.30. The molecular weight excluding hydrogens is 461 g/mol. The van der Waals surface area contributed by atoms with Gasteiger partial charge in [0.15, 0.2) is 0 Å². The minimum absolute atomic E-state index is 0.151. The first kappa shape index (κ1) is 24.5. The number of alkyl halides is 3. The molecule has 0 spiro atoms. The van der Waals surface area contributed by atoms with Crippen molar-refractivity contribution in [1.82, 2.24) is 24.4 Å². The van der Waals surface area contributed by atoms with E-state index in [-0.39, 0.29) is 5.91 Å². The molecule has 1 aromatic carbocycles. The lowest BCUT2D eigenvalue weighted by Crippen LogP contribution is -2.49. The normalized spacial score (nSPS) is 14.6. The first-order valence-corrected chi connectivity index (χ1v) is 10.8. The highest BCUT2D eigenvalue weighted by molar-refractivity contribution is 7.20. The number of aromatic nitrogens is 3. The number of imidazole rings is 1. The quantitative estimate of drug-likeness (QED) is 0.607. The van der Waals surface area contributed by atoms with Gasteiger partial charge in [0, 0.05) is 38.8 Å². The standard InChI is InChI=1S/C18H22N6OS.C2HF3O2/c1-21-8-10-23(11-9-21)16(25)13-22(2)18-20-24-12-15(19-17(24)26-18)14-6-4-3-5-7-14;3-2(4,5)1(6)7/h3-7,12H,8-11,13H2,1-2H3;(H,6,7). The molecule has 0 saturated carbocycles. The molecule has 0 unspecified atom stereocenters. The largest absolute Gasteiger partial charge is 0.490 e. The molecule has 1 saturated heterocycles. The van der Waals surface area contributed by atoms with Crippen LogP contribution in [0.3, 0.4) is 0 Å². The Morgan fingerprint density at radius 1 is 1.15 bits per heavy atom. The second-order valence-corrected chi connectivity index (χ2v) is 8.38. The molecule has 1 aliphatic rings. The van der Waals surface area contributed by atoms with E-state index < -0.39 is 12.1 Å². The van der Waals surface area contributed by atoms with Crippen molar-refractivity contribution < 1.29 is 27.9 Å². The number of likely N-dealkylation sites (N-methyl/N-ethyl adjacent to an activating group) is 2. The lowest BCUT2D eigenvalue weighted by Gasteiger charge is -2.33. The Balaban J connectivity index is 0.000000383. The van der Waals surface area contributed by atoms with Gasteiger partial charge in [-0.1, -0.05) is 41.7 Å².